The van der Waals surface area contributed by atoms with Gasteiger partial charge in [-0.25, -0.2) is 0 Å². The summed E-state index contributed by atoms with van der Waals surface area (Å²) >= 11 is 6.12. The van der Waals surface area contributed by atoms with Crippen LogP contribution < -0.4 is 0 Å². The summed E-state index contributed by atoms with van der Waals surface area (Å²) in [6.45, 7) is 6.69. The average molecular weight is 313 g/mol. The number of likely N-dealkylation sites (tertiary alicyclic amines) is 1. The molecule has 0 aliphatic carbocycles. The molecule has 6 heteroatoms. The van der Waals surface area contributed by atoms with Crippen molar-refractivity contribution in [2.24, 2.45) is 7.05 Å². The Morgan fingerprint density at radius 1 is 1.33 bits per heavy atom. The highest BCUT2D eigenvalue weighted by molar-refractivity contribution is 6.32. The van der Waals surface area contributed by atoms with Gasteiger partial charge in [0.05, 0.1) is 11.8 Å². The number of halogens is 1. The van der Waals surface area contributed by atoms with Crippen LogP contribution in [0.4, 0.5) is 0 Å². The van der Waals surface area contributed by atoms with Crippen molar-refractivity contribution in [1.82, 2.24) is 19.6 Å². The molecule has 1 saturated heterocycles. The molecule has 0 N–H and O–H groups in total. The molecule has 0 saturated carbocycles. The van der Waals surface area contributed by atoms with Crippen molar-refractivity contribution >= 4 is 17.5 Å². The lowest BCUT2D eigenvalue weighted by molar-refractivity contribution is 0.0745. The molecule has 1 aromatic heterocycles. The zero-order valence-electron chi connectivity index (χ0n) is 13.0. The van der Waals surface area contributed by atoms with Gasteiger partial charge in [0.2, 0.25) is 0 Å². The molecule has 21 heavy (non-hydrogen) atoms. The van der Waals surface area contributed by atoms with Crippen molar-refractivity contribution in [3.63, 3.8) is 0 Å². The van der Waals surface area contributed by atoms with Crippen molar-refractivity contribution in [2.75, 3.05) is 32.7 Å². The van der Waals surface area contributed by atoms with Crippen molar-refractivity contribution in [3.05, 3.63) is 16.9 Å². The summed E-state index contributed by atoms with van der Waals surface area (Å²) in [6.07, 6.45) is 6.76. The smallest absolute Gasteiger partial charge is 0.258 e. The number of nitrogens with zero attached hydrogens (tertiary/aromatic N) is 4. The number of aromatic nitrogens is 2. The van der Waals surface area contributed by atoms with Gasteiger partial charge in [-0.15, -0.1) is 0 Å². The molecule has 0 atom stereocenters. The Labute approximate surface area is 131 Å². The predicted octanol–water partition coefficient (Wildman–Crippen LogP) is 2.41. The summed E-state index contributed by atoms with van der Waals surface area (Å²) in [5.74, 6) is -0.0228. The van der Waals surface area contributed by atoms with Crippen LogP contribution in [0.5, 0.6) is 0 Å². The number of likely N-dealkylation sites (N-methyl/N-ethyl adjacent to an activating group) is 1. The second kappa shape index (κ2) is 7.80. The van der Waals surface area contributed by atoms with Crippen molar-refractivity contribution in [2.45, 2.75) is 32.6 Å². The molecular weight excluding hydrogens is 288 g/mol. The topological polar surface area (TPSA) is 41.4 Å². The third-order valence-corrected chi connectivity index (χ3v) is 4.60. The number of rotatable bonds is 5. The lowest BCUT2D eigenvalue weighted by Crippen LogP contribution is -2.39. The number of carbonyl (C=O) groups is 1. The summed E-state index contributed by atoms with van der Waals surface area (Å²) in [5, 5.41) is 4.45. The van der Waals surface area contributed by atoms with Gasteiger partial charge in [0.25, 0.3) is 5.91 Å². The van der Waals surface area contributed by atoms with E-state index < -0.39 is 0 Å². The molecule has 1 aliphatic rings. The summed E-state index contributed by atoms with van der Waals surface area (Å²) in [7, 11) is 1.74. The molecule has 5 nitrogen and oxygen atoms in total. The minimum Gasteiger partial charge on any atom is -0.337 e. The van der Waals surface area contributed by atoms with Crippen LogP contribution in [0.2, 0.25) is 5.15 Å². The molecular formula is C15H25ClN4O. The Morgan fingerprint density at radius 2 is 2.00 bits per heavy atom. The number of amides is 1. The molecule has 0 aromatic carbocycles. The van der Waals surface area contributed by atoms with E-state index in [0.717, 1.165) is 26.2 Å². The van der Waals surface area contributed by atoms with Crippen LogP contribution in [0, 0.1) is 0 Å². The minimum atomic E-state index is -0.0228. The lowest BCUT2D eigenvalue weighted by atomic mass is 10.2. The number of hydrogen-bond acceptors (Lipinski definition) is 3. The number of carbonyl (C=O) groups excluding carboxylic acids is 1. The van der Waals surface area contributed by atoms with Crippen LogP contribution in [-0.2, 0) is 7.05 Å². The molecule has 0 spiro atoms. The van der Waals surface area contributed by atoms with Crippen molar-refractivity contribution < 1.29 is 4.79 Å². The van der Waals surface area contributed by atoms with Crippen molar-refractivity contribution in [1.29, 1.82) is 0 Å². The Morgan fingerprint density at radius 3 is 2.52 bits per heavy atom. The quantitative estimate of drug-likeness (QED) is 0.838. The van der Waals surface area contributed by atoms with Crippen LogP contribution in [0.3, 0.4) is 0 Å². The number of hydrogen-bond donors (Lipinski definition) is 0. The van der Waals surface area contributed by atoms with E-state index in [1.165, 1.54) is 30.4 Å². The van der Waals surface area contributed by atoms with E-state index >= 15 is 0 Å². The van der Waals surface area contributed by atoms with Crippen molar-refractivity contribution in [3.8, 4) is 0 Å². The number of aryl methyl sites for hydroxylation is 1. The second-order valence-electron chi connectivity index (χ2n) is 5.61. The molecule has 1 fully saturated rings. The van der Waals surface area contributed by atoms with Gasteiger partial charge in [-0.2, -0.15) is 5.10 Å². The second-order valence-corrected chi connectivity index (χ2v) is 5.97. The van der Waals surface area contributed by atoms with E-state index in [-0.39, 0.29) is 5.91 Å². The Hall–Kier alpha value is -1.07. The van der Waals surface area contributed by atoms with Crippen LogP contribution in [0.15, 0.2) is 6.20 Å². The van der Waals surface area contributed by atoms with Crippen LogP contribution >= 0.6 is 11.6 Å². The van der Waals surface area contributed by atoms with E-state index in [2.05, 4.69) is 10.00 Å². The van der Waals surface area contributed by atoms with Gasteiger partial charge in [-0.05, 0) is 32.9 Å². The highest BCUT2D eigenvalue weighted by Crippen LogP contribution is 2.16. The standard InChI is InChI=1S/C15H25ClN4O/c1-3-20(11-10-19-8-6-4-5-7-9-19)15(21)13-12-17-18(2)14(13)16/h12H,3-11H2,1-2H3. The molecule has 0 radical (unpaired) electrons. The predicted molar refractivity (Wildman–Crippen MR) is 84.7 cm³/mol. The third kappa shape index (κ3) is 4.20. The zero-order valence-corrected chi connectivity index (χ0v) is 13.8. The Balaban J connectivity index is 1.92. The molecule has 118 valence electrons. The van der Waals surface area contributed by atoms with Gasteiger partial charge in [0.15, 0.2) is 0 Å². The summed E-state index contributed by atoms with van der Waals surface area (Å²) in [6, 6.07) is 0. The maximum Gasteiger partial charge on any atom is 0.258 e. The van der Waals surface area contributed by atoms with Crippen LogP contribution in [0.1, 0.15) is 43.0 Å². The fraction of sp³-hybridized carbons (Fsp3) is 0.733. The highest BCUT2D eigenvalue weighted by atomic mass is 35.5. The van der Waals surface area contributed by atoms with E-state index in [4.69, 9.17) is 11.6 Å². The zero-order chi connectivity index (χ0) is 15.2. The van der Waals surface area contributed by atoms with Gasteiger partial charge in [0, 0.05) is 26.7 Å². The van der Waals surface area contributed by atoms with Crippen LogP contribution in [-0.4, -0.2) is 58.2 Å². The normalized spacial score (nSPS) is 16.7. The molecule has 2 heterocycles. The molecule has 2 rings (SSSR count). The molecule has 1 amide bonds. The highest BCUT2D eigenvalue weighted by Gasteiger charge is 2.20. The molecule has 0 unspecified atom stereocenters. The average Bonchev–Trinajstić information content (AvgIpc) is 2.70. The van der Waals surface area contributed by atoms with Crippen LogP contribution in [0.25, 0.3) is 0 Å². The van der Waals surface area contributed by atoms with Gasteiger partial charge in [-0.3, -0.25) is 9.48 Å². The monoisotopic (exact) mass is 312 g/mol. The first-order valence-electron chi connectivity index (χ1n) is 7.82. The first kappa shape index (κ1) is 16.3. The maximum absolute atomic E-state index is 12.5. The SMILES string of the molecule is CCN(CCN1CCCCCC1)C(=O)c1cnn(C)c1Cl. The summed E-state index contributed by atoms with van der Waals surface area (Å²) < 4.78 is 1.53. The lowest BCUT2D eigenvalue weighted by Gasteiger charge is -2.26. The maximum atomic E-state index is 12.5. The first-order chi connectivity index (χ1) is 10.1. The third-order valence-electron chi connectivity index (χ3n) is 4.15. The largest absolute Gasteiger partial charge is 0.337 e. The van der Waals surface area contributed by atoms with E-state index in [1.54, 1.807) is 13.2 Å². The van der Waals surface area contributed by atoms with Gasteiger partial charge < -0.3 is 9.80 Å². The summed E-state index contributed by atoms with van der Waals surface area (Å²) in [5.41, 5.74) is 0.497. The summed E-state index contributed by atoms with van der Waals surface area (Å²) in [4.78, 5) is 16.8. The van der Waals surface area contributed by atoms with E-state index in [0.29, 0.717) is 17.3 Å². The molecule has 0 bridgehead atoms. The first-order valence-corrected chi connectivity index (χ1v) is 8.20. The Bertz CT molecular complexity index is 466. The minimum absolute atomic E-state index is 0.0228. The van der Waals surface area contributed by atoms with Gasteiger partial charge in [0.1, 0.15) is 5.15 Å². The molecule has 1 aliphatic heterocycles. The van der Waals surface area contributed by atoms with Gasteiger partial charge >= 0.3 is 0 Å². The molecule has 1 aromatic rings. The fourth-order valence-electron chi connectivity index (χ4n) is 2.76. The van der Waals surface area contributed by atoms with Gasteiger partial charge in [-0.1, -0.05) is 24.4 Å². The fourth-order valence-corrected chi connectivity index (χ4v) is 2.93. The van der Waals surface area contributed by atoms with E-state index in [1.807, 2.05) is 11.8 Å². The van der Waals surface area contributed by atoms with E-state index in [9.17, 15) is 4.79 Å². The Kier molecular flexibility index (Phi) is 6.06.